The number of hydrogen-bond donors (Lipinski definition) is 19. The van der Waals surface area contributed by atoms with Crippen molar-refractivity contribution in [2.75, 3.05) is 13.7 Å². The van der Waals surface area contributed by atoms with Crippen LogP contribution in [0.25, 0.3) is 0 Å². The fraction of sp³-hybridized carbons (Fsp3) is 0.983. The quantitative estimate of drug-likeness (QED) is 0.0475. The van der Waals surface area contributed by atoms with E-state index < -0.39 is 289 Å². The van der Waals surface area contributed by atoms with Crippen LogP contribution >= 0.6 is 0 Å². The fourth-order valence-corrected chi connectivity index (χ4v) is 13.1. The second-order valence-electron chi connectivity index (χ2n) is 26.2. The zero-order valence-electron chi connectivity index (χ0n) is 54.5. The molecule has 9 rings (SSSR count). The number of aldehydes is 1. The third-order valence-electron chi connectivity index (χ3n) is 19.3. The molecule has 0 aliphatic carbocycles. The Balaban J connectivity index is 0.867. The first-order chi connectivity index (χ1) is 45.6. The molecule has 9 saturated heterocycles. The highest BCUT2D eigenvalue weighted by Gasteiger charge is 2.60. The maximum absolute atomic E-state index is 12.1. The average Bonchev–Trinajstić information content (AvgIpc) is 0.774. The molecule has 9 heterocycles. The first kappa shape index (κ1) is 79.3. The number of ether oxygens (including phenoxy) is 19. The van der Waals surface area contributed by atoms with Crippen LogP contribution in [0.3, 0.4) is 0 Å². The first-order valence-electron chi connectivity index (χ1n) is 32.3. The monoisotopic (exact) mass is 1420 g/mol. The smallest absolute Gasteiger partial charge is 0.187 e. The maximum atomic E-state index is 12.1. The second kappa shape index (κ2) is 33.1. The zero-order valence-corrected chi connectivity index (χ0v) is 54.5. The largest absolute Gasteiger partial charge is 0.393 e. The van der Waals surface area contributed by atoms with E-state index in [-0.39, 0.29) is 6.29 Å². The van der Waals surface area contributed by atoms with Gasteiger partial charge in [0.25, 0.3) is 0 Å². The molecule has 0 spiro atoms. The molecule has 0 aromatic rings. The Hall–Kier alpha value is -1.85. The van der Waals surface area contributed by atoms with E-state index in [9.17, 15) is 102 Å². The normalized spacial score (nSPS) is 55.2. The molecule has 9 aliphatic rings. The van der Waals surface area contributed by atoms with Gasteiger partial charge in [-0.25, -0.2) is 0 Å². The lowest BCUT2D eigenvalue weighted by molar-refractivity contribution is -0.403. The van der Waals surface area contributed by atoms with E-state index >= 15 is 0 Å². The number of carbonyl (C=O) groups is 1. The average molecular weight is 1420 g/mol. The van der Waals surface area contributed by atoms with Crippen molar-refractivity contribution >= 4 is 6.29 Å². The van der Waals surface area contributed by atoms with E-state index in [0.29, 0.717) is 0 Å². The van der Waals surface area contributed by atoms with Crippen molar-refractivity contribution in [3.63, 3.8) is 0 Å². The van der Waals surface area contributed by atoms with Crippen LogP contribution in [-0.4, -0.2) is 399 Å². The van der Waals surface area contributed by atoms with Crippen LogP contribution in [0.1, 0.15) is 62.3 Å². The maximum Gasteiger partial charge on any atom is 0.187 e. The highest BCUT2D eigenvalue weighted by molar-refractivity contribution is 5.56. The number of aliphatic hydroxyl groups is 19. The van der Waals surface area contributed by atoms with Crippen molar-refractivity contribution in [3.05, 3.63) is 0 Å². The predicted molar refractivity (Wildman–Crippen MR) is 305 cm³/mol. The molecule has 9 fully saturated rings. The molecule has 1 unspecified atom stereocenters. The summed E-state index contributed by atoms with van der Waals surface area (Å²) >= 11 is 0. The molecule has 564 valence electrons. The lowest BCUT2D eigenvalue weighted by atomic mass is 9.95. The van der Waals surface area contributed by atoms with Crippen LogP contribution in [0.2, 0.25) is 0 Å². The molecule has 97 heavy (non-hydrogen) atoms. The SMILES string of the molecule is CO[C@H]1[C@H](O)[C@@H](C)O[C@H](O[C@@H]2[C@H](O)[C@@H](O[C@@H]3[C@H](O)[C@@H](O[C@@H]4[C@H](O)[C@@H](O[C@@H]5[C@H](O)[C@@H](OC(C=O)CO)O[C@H](C)[C@H]5O)O[C@H](C)[C@H]4O)O[C@H](C)[C@H]3O)O[C@H](C)[C@H]2O)[C@H]1O[C@H]1O[C@H](C)[C@@H](O)[C@H](O[C@H]2O[C@H](C)[C@@H](O)[C@H](O[C@H]3O[C@H](C)[C@@H](O)[C@H](O[C@H]4O[C@H](C)[C@@H](O)[C@H](O)[C@@H]4O)[C@@H]3O)[C@@H]2O)[C@@H]1O. The molecule has 0 amide bonds. The van der Waals surface area contributed by atoms with E-state index in [0.717, 1.165) is 0 Å². The molecule has 9 aliphatic heterocycles. The molecule has 0 saturated carbocycles. The topological polar surface area (TPSA) is 577 Å². The molecule has 0 aromatic heterocycles. The summed E-state index contributed by atoms with van der Waals surface area (Å²) in [5, 5.41) is 214. The van der Waals surface area contributed by atoms with Crippen molar-refractivity contribution in [2.24, 2.45) is 0 Å². The molecule has 0 aromatic carbocycles. The molecule has 19 N–H and O–H groups in total. The third-order valence-corrected chi connectivity index (χ3v) is 19.3. The summed E-state index contributed by atoms with van der Waals surface area (Å²) in [7, 11) is 1.18. The summed E-state index contributed by atoms with van der Waals surface area (Å²) in [4.78, 5) is 11.4. The van der Waals surface area contributed by atoms with Gasteiger partial charge in [0.15, 0.2) is 62.9 Å². The van der Waals surface area contributed by atoms with Crippen molar-refractivity contribution in [2.45, 2.75) is 345 Å². The van der Waals surface area contributed by atoms with Gasteiger partial charge in [-0.3, -0.25) is 0 Å². The Morgan fingerprint density at radius 2 is 0.454 bits per heavy atom. The molecule has 0 bridgehead atoms. The lowest BCUT2D eigenvalue weighted by Crippen LogP contribution is -2.68. The van der Waals surface area contributed by atoms with Gasteiger partial charge < -0.3 is 192 Å². The number of methoxy groups -OCH3 is 1. The Bertz CT molecular complexity index is 2450. The van der Waals surface area contributed by atoms with Gasteiger partial charge in [0.1, 0.15) is 171 Å². The van der Waals surface area contributed by atoms with Gasteiger partial charge >= 0.3 is 0 Å². The number of carbonyl (C=O) groups excluding carboxylic acids is 1. The van der Waals surface area contributed by atoms with Gasteiger partial charge in [-0.15, -0.1) is 0 Å². The molecular weight excluding hydrogens is 1320 g/mol. The second-order valence-corrected chi connectivity index (χ2v) is 26.2. The van der Waals surface area contributed by atoms with Gasteiger partial charge in [0.2, 0.25) is 0 Å². The van der Waals surface area contributed by atoms with Gasteiger partial charge in [-0.05, 0) is 62.3 Å². The Morgan fingerprint density at radius 1 is 0.258 bits per heavy atom. The lowest BCUT2D eigenvalue weighted by Gasteiger charge is -2.50. The van der Waals surface area contributed by atoms with E-state index in [1.54, 1.807) is 0 Å². The van der Waals surface area contributed by atoms with Crippen molar-refractivity contribution in [1.29, 1.82) is 0 Å². The van der Waals surface area contributed by atoms with Gasteiger partial charge in [-0.1, -0.05) is 0 Å². The first-order valence-corrected chi connectivity index (χ1v) is 32.3. The van der Waals surface area contributed by atoms with E-state index in [4.69, 9.17) is 90.0 Å². The van der Waals surface area contributed by atoms with Crippen molar-refractivity contribution in [1.82, 2.24) is 0 Å². The van der Waals surface area contributed by atoms with Crippen LogP contribution < -0.4 is 0 Å². The minimum atomic E-state index is -2.08. The third kappa shape index (κ3) is 16.5. The minimum absolute atomic E-state index is 0.253. The summed E-state index contributed by atoms with van der Waals surface area (Å²) in [6.45, 7) is 11.5. The summed E-state index contributed by atoms with van der Waals surface area (Å²) in [5.74, 6) is 0. The van der Waals surface area contributed by atoms with E-state index in [1.165, 1.54) is 69.4 Å². The molecule has 0 radical (unpaired) electrons. The number of hydrogen-bond acceptors (Lipinski definition) is 39. The van der Waals surface area contributed by atoms with Gasteiger partial charge in [0, 0.05) is 7.11 Å². The summed E-state index contributed by atoms with van der Waals surface area (Å²) < 4.78 is 111. The van der Waals surface area contributed by atoms with Gasteiger partial charge in [0.05, 0.1) is 61.5 Å². The molecular formula is C58H98O39. The Morgan fingerprint density at radius 3 is 0.701 bits per heavy atom. The van der Waals surface area contributed by atoms with Crippen LogP contribution in [0.5, 0.6) is 0 Å². The summed E-state index contributed by atoms with van der Waals surface area (Å²) in [6, 6.07) is 0. The van der Waals surface area contributed by atoms with Gasteiger partial charge in [-0.2, -0.15) is 0 Å². The highest BCUT2D eigenvalue weighted by Crippen LogP contribution is 2.40. The standard InChI is InChI=1S/C58H98O39/c1-13-23(61)32(70)33(71)50(80-13)90-42-25(63)15(3)82-52(35(42)73)92-44-27(65)17(5)85-55(37(44)75)95-46-29(67)19(7)87-57(39(46)77)97-49-48(79-10)31(69)21(9)88-58(49)96-47-30(68)20(8)86-56(40(47)78)94-45-28(66)18(6)84-54(38(45)76)93-43-26(64)16(4)83-53(36(43)74)91-41-24(62)14(2)81-51(34(41)72)89-22(11-59)12-60/h11,13-58,60-78H,12H2,1-10H3/t13-,14-,15-,16-,17-,18-,19-,20-,21-,22?,23-,24-,25-,26-,27-,28-,29-,30-,31-,32+,33+,34+,35+,36+,37+,38+,39+,40+,41+,42+,43+,44+,45+,46+,47+,48+,49+,50-,51-,52-,53-,54-,55-,56-,57-,58-/m1/s1. The van der Waals surface area contributed by atoms with Crippen LogP contribution in [-0.2, 0) is 94.8 Å². The Labute approximate surface area is 555 Å². The number of rotatable bonds is 21. The van der Waals surface area contributed by atoms with Crippen molar-refractivity contribution in [3.8, 4) is 0 Å². The minimum Gasteiger partial charge on any atom is -0.393 e. The molecule has 39 heteroatoms. The van der Waals surface area contributed by atoms with E-state index in [1.807, 2.05) is 0 Å². The highest BCUT2D eigenvalue weighted by atomic mass is 16.8. The molecule has 39 nitrogen and oxygen atoms in total. The predicted octanol–water partition coefficient (Wildman–Crippen LogP) is -11.1. The van der Waals surface area contributed by atoms with Crippen LogP contribution in [0.15, 0.2) is 0 Å². The van der Waals surface area contributed by atoms with Crippen LogP contribution in [0.4, 0.5) is 0 Å². The number of aliphatic hydroxyl groups excluding tert-OH is 19. The van der Waals surface area contributed by atoms with E-state index in [2.05, 4.69) is 0 Å². The molecule has 46 atom stereocenters. The van der Waals surface area contributed by atoms with Crippen LogP contribution in [0, 0.1) is 0 Å². The van der Waals surface area contributed by atoms with Crippen molar-refractivity contribution < 1.29 is 192 Å². The Kier molecular flexibility index (Phi) is 27.0. The summed E-state index contributed by atoms with van der Waals surface area (Å²) in [5.41, 5.74) is 0. The summed E-state index contributed by atoms with van der Waals surface area (Å²) in [6.07, 6.45) is -76.6. The zero-order chi connectivity index (χ0) is 71.4. The fourth-order valence-electron chi connectivity index (χ4n) is 13.1.